The maximum atomic E-state index is 11.8. The van der Waals surface area contributed by atoms with Crippen LogP contribution >= 0.6 is 0 Å². The van der Waals surface area contributed by atoms with Gasteiger partial charge in [-0.25, -0.2) is 0 Å². The average Bonchev–Trinajstić information content (AvgIpc) is 3.05. The number of fused-ring (bicyclic) bond motifs is 5. The van der Waals surface area contributed by atoms with E-state index in [9.17, 15) is 15.4 Å². The third kappa shape index (κ3) is 3.50. The van der Waals surface area contributed by atoms with Crippen LogP contribution in [0.4, 0.5) is 0 Å². The zero-order valence-corrected chi connectivity index (χ0v) is 20.6. The Morgan fingerprint density at radius 1 is 1.03 bits per heavy atom. The van der Waals surface area contributed by atoms with Crippen LogP contribution in [-0.4, -0.2) is 32.8 Å². The van der Waals surface area contributed by atoms with E-state index in [1.165, 1.54) is 38.5 Å². The molecule has 0 spiro atoms. The molecule has 0 radical (unpaired) electrons. The number of aliphatic hydroxyl groups excluding tert-OH is 1. The molecule has 178 valence electrons. The first-order chi connectivity index (χ1) is 14.6. The van der Waals surface area contributed by atoms with Crippen molar-refractivity contribution in [3.63, 3.8) is 0 Å². The predicted octanol–water partition coefficient (Wildman–Crippen LogP) is 6.02. The molecule has 0 aromatic rings. The predicted molar refractivity (Wildman–Crippen MR) is 125 cm³/mol. The highest BCUT2D eigenvalue weighted by atomic mass is 16.4. The Labute approximate surface area is 189 Å². The molecule has 0 aromatic carbocycles. The van der Waals surface area contributed by atoms with Crippen molar-refractivity contribution in [2.24, 2.45) is 51.5 Å². The lowest BCUT2D eigenvalue weighted by atomic mass is 9.42. The second kappa shape index (κ2) is 8.31. The third-order valence-corrected chi connectivity index (χ3v) is 11.0. The highest BCUT2D eigenvalue weighted by Gasteiger charge is 2.68. The van der Waals surface area contributed by atoms with Crippen molar-refractivity contribution in [3.8, 4) is 0 Å². The normalized spacial score (nSPS) is 49.5. The largest absolute Gasteiger partial charge is 0.411 e. The molecule has 0 heterocycles. The number of nitrogens with zero attached hydrogens (tertiary/aromatic N) is 1. The molecular weight excluding hydrogens is 386 g/mol. The molecule has 0 aromatic heterocycles. The summed E-state index contributed by atoms with van der Waals surface area (Å²) in [6.45, 7) is 11.9. The molecular formula is C27H47NO3. The van der Waals surface area contributed by atoms with Crippen molar-refractivity contribution >= 4 is 5.71 Å². The van der Waals surface area contributed by atoms with Gasteiger partial charge in [-0.3, -0.25) is 0 Å². The highest BCUT2D eigenvalue weighted by Crippen LogP contribution is 2.68. The Bertz CT molecular complexity index is 692. The van der Waals surface area contributed by atoms with E-state index in [0.29, 0.717) is 35.8 Å². The van der Waals surface area contributed by atoms with Gasteiger partial charge < -0.3 is 15.4 Å². The van der Waals surface area contributed by atoms with E-state index in [2.05, 4.69) is 39.8 Å². The minimum Gasteiger partial charge on any atom is -0.411 e. The number of oxime groups is 1. The Kier molecular flexibility index (Phi) is 6.31. The molecule has 4 aliphatic rings. The van der Waals surface area contributed by atoms with Crippen LogP contribution in [0, 0.1) is 46.3 Å². The first-order valence-corrected chi connectivity index (χ1v) is 13.2. The van der Waals surface area contributed by atoms with Gasteiger partial charge in [0.2, 0.25) is 0 Å². The maximum absolute atomic E-state index is 11.8. The van der Waals surface area contributed by atoms with Gasteiger partial charge in [0.15, 0.2) is 0 Å². The fourth-order valence-corrected chi connectivity index (χ4v) is 9.28. The lowest BCUT2D eigenvalue weighted by molar-refractivity contribution is -0.205. The summed E-state index contributed by atoms with van der Waals surface area (Å²) in [7, 11) is 0. The van der Waals surface area contributed by atoms with Gasteiger partial charge in [0.05, 0.1) is 11.8 Å². The van der Waals surface area contributed by atoms with Crippen LogP contribution in [0.3, 0.4) is 0 Å². The fourth-order valence-electron chi connectivity index (χ4n) is 9.28. The molecule has 4 aliphatic carbocycles. The Morgan fingerprint density at radius 3 is 2.45 bits per heavy atom. The molecule has 9 atom stereocenters. The summed E-state index contributed by atoms with van der Waals surface area (Å²) in [6, 6.07) is 0. The van der Waals surface area contributed by atoms with Gasteiger partial charge in [-0.05, 0) is 85.9 Å². The molecule has 4 heteroatoms. The second-order valence-electron chi connectivity index (χ2n) is 12.8. The molecule has 4 nitrogen and oxygen atoms in total. The van der Waals surface area contributed by atoms with Crippen molar-refractivity contribution in [1.29, 1.82) is 0 Å². The summed E-state index contributed by atoms with van der Waals surface area (Å²) in [4.78, 5) is 0. The first-order valence-electron chi connectivity index (χ1n) is 13.2. The molecule has 3 N–H and O–H groups in total. The summed E-state index contributed by atoms with van der Waals surface area (Å²) in [5.41, 5.74) is -0.626. The van der Waals surface area contributed by atoms with Gasteiger partial charge in [0, 0.05) is 11.8 Å². The quantitative estimate of drug-likeness (QED) is 0.366. The molecule has 31 heavy (non-hydrogen) atoms. The van der Waals surface area contributed by atoms with Crippen LogP contribution in [0.15, 0.2) is 5.16 Å². The minimum absolute atomic E-state index is 0.273. The fraction of sp³-hybridized carbons (Fsp3) is 0.963. The monoisotopic (exact) mass is 433 g/mol. The third-order valence-electron chi connectivity index (χ3n) is 11.0. The molecule has 0 unspecified atom stereocenters. The summed E-state index contributed by atoms with van der Waals surface area (Å²) in [5.74, 6) is 3.43. The van der Waals surface area contributed by atoms with Gasteiger partial charge in [-0.1, -0.05) is 59.0 Å². The summed E-state index contributed by atoms with van der Waals surface area (Å²) < 4.78 is 0. The van der Waals surface area contributed by atoms with E-state index in [1.54, 1.807) is 0 Å². The highest BCUT2D eigenvalue weighted by molar-refractivity contribution is 5.93. The summed E-state index contributed by atoms with van der Waals surface area (Å²) >= 11 is 0. The first kappa shape index (κ1) is 23.5. The van der Waals surface area contributed by atoms with Crippen molar-refractivity contribution < 1.29 is 15.4 Å². The van der Waals surface area contributed by atoms with E-state index >= 15 is 0 Å². The minimum atomic E-state index is -1.16. The van der Waals surface area contributed by atoms with Crippen LogP contribution in [0.25, 0.3) is 0 Å². The van der Waals surface area contributed by atoms with Crippen LogP contribution in [0.2, 0.25) is 0 Å². The Balaban J connectivity index is 1.57. The molecule has 4 rings (SSSR count). The van der Waals surface area contributed by atoms with Crippen LogP contribution in [-0.2, 0) is 0 Å². The SMILES string of the molecule is CC(C)CCC[C@@H](C)[C@H]1CC[C@H]2[C@@H]3[C@@H](O)C[C@@]4(O)/C(=N/O)CCC[C@]4(C)[C@H]3CC[C@]12C. The standard InChI is InChI=1S/C27H47NO3/c1-17(2)8-6-9-18(3)19-11-12-20-24-21(13-15-25(19,20)4)26(5)14-7-10-23(28-31)27(26,30)16-22(24)29/h17-22,24,29-31H,6-16H2,1-5H3/b28-23+/t18-,19-,20+,21+,22+,24+,25-,26-,27-/m1/s1. The van der Waals surface area contributed by atoms with Gasteiger partial charge >= 0.3 is 0 Å². The summed E-state index contributed by atoms with van der Waals surface area (Å²) in [6.07, 6.45) is 11.2. The molecule has 0 amide bonds. The number of rotatable bonds is 5. The number of aliphatic hydroxyl groups is 2. The maximum Gasteiger partial charge on any atom is 0.114 e. The van der Waals surface area contributed by atoms with Crippen molar-refractivity contribution in [1.82, 2.24) is 0 Å². The lowest BCUT2D eigenvalue weighted by Crippen LogP contribution is -2.68. The van der Waals surface area contributed by atoms with Crippen LogP contribution in [0.1, 0.15) is 105 Å². The molecule has 4 fully saturated rings. The van der Waals surface area contributed by atoms with Gasteiger partial charge in [-0.2, -0.15) is 0 Å². The number of hydrogen-bond acceptors (Lipinski definition) is 4. The zero-order chi connectivity index (χ0) is 22.6. The van der Waals surface area contributed by atoms with E-state index in [4.69, 9.17) is 0 Å². The van der Waals surface area contributed by atoms with Gasteiger partial charge in [0.1, 0.15) is 5.60 Å². The smallest absolute Gasteiger partial charge is 0.114 e. The zero-order valence-electron chi connectivity index (χ0n) is 20.6. The van der Waals surface area contributed by atoms with Crippen molar-refractivity contribution in [2.75, 3.05) is 0 Å². The molecule has 0 saturated heterocycles. The molecule has 0 aliphatic heterocycles. The van der Waals surface area contributed by atoms with Crippen LogP contribution < -0.4 is 0 Å². The van der Waals surface area contributed by atoms with Gasteiger partial charge in [-0.15, -0.1) is 0 Å². The molecule has 4 saturated carbocycles. The topological polar surface area (TPSA) is 73.0 Å². The van der Waals surface area contributed by atoms with Crippen molar-refractivity contribution in [2.45, 2.75) is 117 Å². The Hall–Kier alpha value is -0.610. The van der Waals surface area contributed by atoms with Crippen LogP contribution in [0.5, 0.6) is 0 Å². The average molecular weight is 434 g/mol. The molecule has 0 bridgehead atoms. The number of hydrogen-bond donors (Lipinski definition) is 3. The van der Waals surface area contributed by atoms with E-state index in [1.807, 2.05) is 0 Å². The van der Waals surface area contributed by atoms with E-state index in [-0.39, 0.29) is 11.3 Å². The van der Waals surface area contributed by atoms with E-state index in [0.717, 1.165) is 37.0 Å². The van der Waals surface area contributed by atoms with Crippen molar-refractivity contribution in [3.05, 3.63) is 0 Å². The second-order valence-corrected chi connectivity index (χ2v) is 12.8. The lowest BCUT2D eigenvalue weighted by Gasteiger charge is -2.64. The summed E-state index contributed by atoms with van der Waals surface area (Å²) in [5, 5.41) is 36.3. The van der Waals surface area contributed by atoms with Gasteiger partial charge in [0.25, 0.3) is 0 Å². The van der Waals surface area contributed by atoms with E-state index < -0.39 is 11.7 Å². The Morgan fingerprint density at radius 2 is 1.77 bits per heavy atom.